The lowest BCUT2D eigenvalue weighted by Gasteiger charge is -2.13. The topological polar surface area (TPSA) is 67.4 Å². The minimum absolute atomic E-state index is 0.116. The van der Waals surface area contributed by atoms with Crippen LogP contribution in [0.25, 0.3) is 0 Å². The molecule has 0 aliphatic carbocycles. The van der Waals surface area contributed by atoms with Crippen molar-refractivity contribution >= 4 is 15.7 Å². The Hall–Kier alpha value is -1.11. The van der Waals surface area contributed by atoms with Gasteiger partial charge in [0.05, 0.1) is 18.0 Å². The lowest BCUT2D eigenvalue weighted by atomic mass is 10.1. The van der Waals surface area contributed by atoms with E-state index in [1.165, 1.54) is 0 Å². The summed E-state index contributed by atoms with van der Waals surface area (Å²) in [5.74, 6) is 0.116. The van der Waals surface area contributed by atoms with Crippen molar-refractivity contribution in [2.75, 3.05) is 30.7 Å². The van der Waals surface area contributed by atoms with Crippen LogP contribution < -0.4 is 10.0 Å². The number of sulfonamides is 1. The highest BCUT2D eigenvalue weighted by atomic mass is 32.2. The molecule has 0 saturated carbocycles. The summed E-state index contributed by atoms with van der Waals surface area (Å²) >= 11 is 0. The molecule has 0 amide bonds. The number of ether oxygens (including phenoxy) is 1. The normalized spacial score (nSPS) is 11.8. The zero-order chi connectivity index (χ0) is 15.7. The Morgan fingerprint density at radius 1 is 1.24 bits per heavy atom. The second-order valence-electron chi connectivity index (χ2n) is 5.28. The highest BCUT2D eigenvalue weighted by molar-refractivity contribution is 7.92. The van der Waals surface area contributed by atoms with E-state index in [0.29, 0.717) is 37.7 Å². The molecule has 0 atom stereocenters. The molecule has 0 spiro atoms. The summed E-state index contributed by atoms with van der Waals surface area (Å²) in [6.07, 6.45) is 1.28. The molecule has 0 bridgehead atoms. The fourth-order valence-corrected chi connectivity index (χ4v) is 3.08. The van der Waals surface area contributed by atoms with Crippen molar-refractivity contribution in [1.82, 2.24) is 5.32 Å². The fraction of sp³-hybridized carbons (Fsp3) is 0.600. The smallest absolute Gasteiger partial charge is 0.232 e. The average molecular weight is 314 g/mol. The van der Waals surface area contributed by atoms with Crippen LogP contribution in [0.4, 0.5) is 5.69 Å². The van der Waals surface area contributed by atoms with Gasteiger partial charge < -0.3 is 10.1 Å². The molecule has 120 valence electrons. The van der Waals surface area contributed by atoms with Gasteiger partial charge in [-0.2, -0.15) is 0 Å². The van der Waals surface area contributed by atoms with Crippen molar-refractivity contribution in [3.05, 3.63) is 29.8 Å². The number of para-hydroxylation sites is 1. The summed E-state index contributed by atoms with van der Waals surface area (Å²) in [6, 6.07) is 7.80. The van der Waals surface area contributed by atoms with E-state index in [1.807, 2.05) is 32.0 Å². The van der Waals surface area contributed by atoms with Crippen LogP contribution >= 0.6 is 0 Å². The number of rotatable bonds is 10. The summed E-state index contributed by atoms with van der Waals surface area (Å²) in [5.41, 5.74) is 1.59. The number of hydrogen-bond acceptors (Lipinski definition) is 4. The van der Waals surface area contributed by atoms with Crippen LogP contribution in [-0.4, -0.2) is 40.5 Å². The predicted octanol–water partition coefficient (Wildman–Crippen LogP) is 2.01. The fourth-order valence-electron chi connectivity index (χ4n) is 1.92. The summed E-state index contributed by atoms with van der Waals surface area (Å²) in [5, 5.41) is 3.21. The van der Waals surface area contributed by atoms with Crippen LogP contribution in [0.5, 0.6) is 0 Å². The molecule has 0 aromatic heterocycles. The zero-order valence-electron chi connectivity index (χ0n) is 13.1. The van der Waals surface area contributed by atoms with E-state index in [4.69, 9.17) is 4.74 Å². The molecule has 0 heterocycles. The van der Waals surface area contributed by atoms with Gasteiger partial charge in [0, 0.05) is 13.2 Å². The summed E-state index contributed by atoms with van der Waals surface area (Å²) in [6.45, 7) is 5.35. The Bertz CT molecular complexity index is 515. The second kappa shape index (κ2) is 9.02. The van der Waals surface area contributed by atoms with Crippen molar-refractivity contribution in [3.8, 4) is 0 Å². The molecule has 1 rings (SSSR count). The van der Waals surface area contributed by atoms with Crippen LogP contribution in [0.1, 0.15) is 25.8 Å². The van der Waals surface area contributed by atoms with E-state index in [1.54, 1.807) is 13.2 Å². The van der Waals surface area contributed by atoms with Gasteiger partial charge in [-0.05, 0) is 31.0 Å². The summed E-state index contributed by atoms with van der Waals surface area (Å²) < 4.78 is 31.9. The molecule has 0 saturated heterocycles. The van der Waals surface area contributed by atoms with E-state index in [0.717, 1.165) is 5.56 Å². The van der Waals surface area contributed by atoms with E-state index < -0.39 is 10.0 Å². The standard InChI is InChI=1S/C15H26N2O3S/c1-13(2)16-10-6-12-21(18,19)17-15-8-5-4-7-14(15)9-11-20-3/h4-5,7-8,13,16-17H,6,9-12H2,1-3H3. The molecule has 5 nitrogen and oxygen atoms in total. The van der Waals surface area contributed by atoms with Crippen molar-refractivity contribution in [3.63, 3.8) is 0 Å². The first-order chi connectivity index (χ1) is 9.94. The Kier molecular flexibility index (Phi) is 7.71. The third-order valence-corrected chi connectivity index (χ3v) is 4.36. The minimum Gasteiger partial charge on any atom is -0.384 e. The maximum absolute atomic E-state index is 12.1. The quantitative estimate of drug-likeness (QED) is 0.648. The molecule has 6 heteroatoms. The zero-order valence-corrected chi connectivity index (χ0v) is 13.9. The van der Waals surface area contributed by atoms with E-state index >= 15 is 0 Å². The average Bonchev–Trinajstić information content (AvgIpc) is 2.42. The SMILES string of the molecule is COCCc1ccccc1NS(=O)(=O)CCCNC(C)C. The van der Waals surface area contributed by atoms with Crippen molar-refractivity contribution < 1.29 is 13.2 Å². The predicted molar refractivity (Wildman–Crippen MR) is 87.2 cm³/mol. The van der Waals surface area contributed by atoms with Crippen LogP contribution in [0.15, 0.2) is 24.3 Å². The highest BCUT2D eigenvalue weighted by Crippen LogP contribution is 2.17. The van der Waals surface area contributed by atoms with Crippen LogP contribution in [-0.2, 0) is 21.2 Å². The Morgan fingerprint density at radius 3 is 2.62 bits per heavy atom. The van der Waals surface area contributed by atoms with Gasteiger partial charge in [0.15, 0.2) is 0 Å². The number of anilines is 1. The van der Waals surface area contributed by atoms with Crippen LogP contribution in [0.2, 0.25) is 0 Å². The lowest BCUT2D eigenvalue weighted by Crippen LogP contribution is -2.26. The Morgan fingerprint density at radius 2 is 1.95 bits per heavy atom. The van der Waals surface area contributed by atoms with Gasteiger partial charge in [0.2, 0.25) is 10.0 Å². The maximum Gasteiger partial charge on any atom is 0.232 e. The first-order valence-corrected chi connectivity index (χ1v) is 8.90. The van der Waals surface area contributed by atoms with Gasteiger partial charge in [0.25, 0.3) is 0 Å². The largest absolute Gasteiger partial charge is 0.384 e. The molecule has 1 aromatic carbocycles. The molecule has 0 unspecified atom stereocenters. The van der Waals surface area contributed by atoms with Crippen molar-refractivity contribution in [1.29, 1.82) is 0 Å². The van der Waals surface area contributed by atoms with Crippen molar-refractivity contribution in [2.45, 2.75) is 32.7 Å². The Labute approximate surface area is 128 Å². The van der Waals surface area contributed by atoms with Crippen LogP contribution in [0, 0.1) is 0 Å². The molecular weight excluding hydrogens is 288 g/mol. The third kappa shape index (κ3) is 7.45. The maximum atomic E-state index is 12.1. The second-order valence-corrected chi connectivity index (χ2v) is 7.13. The monoisotopic (exact) mass is 314 g/mol. The number of hydrogen-bond donors (Lipinski definition) is 2. The van der Waals surface area contributed by atoms with E-state index in [-0.39, 0.29) is 5.75 Å². The molecule has 0 fully saturated rings. The summed E-state index contributed by atoms with van der Waals surface area (Å²) in [4.78, 5) is 0. The minimum atomic E-state index is -3.31. The van der Waals surface area contributed by atoms with E-state index in [2.05, 4.69) is 10.0 Å². The number of methoxy groups -OCH3 is 1. The third-order valence-electron chi connectivity index (χ3n) is 3.00. The van der Waals surface area contributed by atoms with Gasteiger partial charge in [0.1, 0.15) is 0 Å². The van der Waals surface area contributed by atoms with Gasteiger partial charge in [-0.25, -0.2) is 8.42 Å². The van der Waals surface area contributed by atoms with Gasteiger partial charge in [-0.3, -0.25) is 4.72 Å². The molecule has 2 N–H and O–H groups in total. The molecule has 0 aliphatic rings. The van der Waals surface area contributed by atoms with E-state index in [9.17, 15) is 8.42 Å². The highest BCUT2D eigenvalue weighted by Gasteiger charge is 2.12. The van der Waals surface area contributed by atoms with Crippen molar-refractivity contribution in [2.24, 2.45) is 0 Å². The first-order valence-electron chi connectivity index (χ1n) is 7.25. The molecule has 0 aliphatic heterocycles. The summed E-state index contributed by atoms with van der Waals surface area (Å²) in [7, 11) is -1.68. The molecule has 21 heavy (non-hydrogen) atoms. The van der Waals surface area contributed by atoms with Gasteiger partial charge in [-0.1, -0.05) is 32.0 Å². The van der Waals surface area contributed by atoms with Crippen LogP contribution in [0.3, 0.4) is 0 Å². The molecule has 1 aromatic rings. The van der Waals surface area contributed by atoms with Gasteiger partial charge in [-0.15, -0.1) is 0 Å². The molecular formula is C15H26N2O3S. The lowest BCUT2D eigenvalue weighted by molar-refractivity contribution is 0.202. The molecule has 0 radical (unpaired) electrons. The van der Waals surface area contributed by atoms with Gasteiger partial charge >= 0.3 is 0 Å². The Balaban J connectivity index is 2.58. The first kappa shape index (κ1) is 17.9. The number of benzene rings is 1. The number of nitrogens with one attached hydrogen (secondary N) is 2.